The summed E-state index contributed by atoms with van der Waals surface area (Å²) in [6.07, 6.45) is 0.476. The van der Waals surface area contributed by atoms with Crippen LogP contribution in [-0.4, -0.2) is 17.4 Å². The van der Waals surface area contributed by atoms with Gasteiger partial charge in [-0.3, -0.25) is 0 Å². The molecule has 1 N–H and O–H groups in total. The predicted molar refractivity (Wildman–Crippen MR) is 26.9 cm³/mol. The zero-order valence-electron chi connectivity index (χ0n) is 4.74. The summed E-state index contributed by atoms with van der Waals surface area (Å²) >= 11 is 0. The van der Waals surface area contributed by atoms with Gasteiger partial charge in [0.1, 0.15) is 6.67 Å². The molecule has 0 aliphatic rings. The van der Waals surface area contributed by atoms with Gasteiger partial charge in [0, 0.05) is 0 Å². The second kappa shape index (κ2) is 2.26. The molecule has 0 aliphatic carbocycles. The van der Waals surface area contributed by atoms with Crippen LogP contribution in [0.2, 0.25) is 0 Å². The van der Waals surface area contributed by atoms with Crippen LogP contribution in [0.15, 0.2) is 0 Å². The highest BCUT2D eigenvalue weighted by Gasteiger charge is 2.15. The Labute approximate surface area is 43.2 Å². The maximum absolute atomic E-state index is 11.5. The molecule has 0 aromatic rings. The molecule has 0 saturated carbocycles. The Morgan fingerprint density at radius 2 is 2.14 bits per heavy atom. The van der Waals surface area contributed by atoms with Gasteiger partial charge in [0.05, 0.1) is 5.60 Å². The van der Waals surface area contributed by atoms with Gasteiger partial charge in [0.2, 0.25) is 0 Å². The van der Waals surface area contributed by atoms with Crippen molar-refractivity contribution >= 4 is 0 Å². The Kier molecular flexibility index (Phi) is 2.23. The minimum atomic E-state index is -1.08. The summed E-state index contributed by atoms with van der Waals surface area (Å²) in [5, 5.41) is 8.76. The molecule has 0 amide bonds. The molecule has 0 aromatic carbocycles. The Hall–Kier alpha value is -0.110. The lowest BCUT2D eigenvalue weighted by Gasteiger charge is -2.14. The molecule has 0 fully saturated rings. The van der Waals surface area contributed by atoms with Gasteiger partial charge in [-0.1, -0.05) is 6.92 Å². The van der Waals surface area contributed by atoms with E-state index < -0.39 is 12.3 Å². The lowest BCUT2D eigenvalue weighted by Crippen LogP contribution is -2.24. The third-order valence-corrected chi connectivity index (χ3v) is 1.05. The molecule has 0 aliphatic heterocycles. The molecular weight excluding hydrogens is 95.1 g/mol. The van der Waals surface area contributed by atoms with Gasteiger partial charge in [-0.25, -0.2) is 4.39 Å². The Morgan fingerprint density at radius 1 is 1.71 bits per heavy atom. The number of hydrogen-bond donors (Lipinski definition) is 1. The fourth-order valence-corrected chi connectivity index (χ4v) is 0.0945. The van der Waals surface area contributed by atoms with Crippen LogP contribution in [0.3, 0.4) is 0 Å². The molecule has 1 atom stereocenters. The quantitative estimate of drug-likeness (QED) is 0.559. The van der Waals surface area contributed by atoms with Crippen LogP contribution in [0.4, 0.5) is 4.39 Å². The second-order valence-electron chi connectivity index (χ2n) is 1.98. The van der Waals surface area contributed by atoms with Crippen molar-refractivity contribution in [2.24, 2.45) is 0 Å². The predicted octanol–water partition coefficient (Wildman–Crippen LogP) is 1.12. The minimum Gasteiger partial charge on any atom is -0.387 e. The molecule has 0 saturated heterocycles. The third-order valence-electron chi connectivity index (χ3n) is 1.05. The van der Waals surface area contributed by atoms with Crippen molar-refractivity contribution in [3.8, 4) is 0 Å². The van der Waals surface area contributed by atoms with E-state index in [1.807, 2.05) is 0 Å². The monoisotopic (exact) mass is 106 g/mol. The van der Waals surface area contributed by atoms with Gasteiger partial charge >= 0.3 is 0 Å². The van der Waals surface area contributed by atoms with E-state index in [1.54, 1.807) is 6.92 Å². The highest BCUT2D eigenvalue weighted by molar-refractivity contribution is 4.66. The maximum atomic E-state index is 11.5. The average molecular weight is 106 g/mol. The number of rotatable bonds is 2. The van der Waals surface area contributed by atoms with E-state index in [9.17, 15) is 4.39 Å². The van der Waals surface area contributed by atoms with E-state index in [-0.39, 0.29) is 0 Å². The van der Waals surface area contributed by atoms with E-state index in [0.717, 1.165) is 0 Å². The summed E-state index contributed by atoms with van der Waals surface area (Å²) in [5.41, 5.74) is -1.08. The van der Waals surface area contributed by atoms with Gasteiger partial charge < -0.3 is 5.11 Å². The summed E-state index contributed by atoms with van der Waals surface area (Å²) < 4.78 is 11.5. The Bertz CT molecular complexity index is 46.0. The topological polar surface area (TPSA) is 20.2 Å². The van der Waals surface area contributed by atoms with Crippen molar-refractivity contribution < 1.29 is 9.50 Å². The van der Waals surface area contributed by atoms with E-state index in [1.165, 1.54) is 6.92 Å². The second-order valence-corrected chi connectivity index (χ2v) is 1.98. The first-order chi connectivity index (χ1) is 3.12. The van der Waals surface area contributed by atoms with Crippen molar-refractivity contribution in [1.29, 1.82) is 0 Å². The maximum Gasteiger partial charge on any atom is 0.118 e. The van der Waals surface area contributed by atoms with Gasteiger partial charge in [-0.2, -0.15) is 0 Å². The van der Waals surface area contributed by atoms with Crippen LogP contribution in [0.1, 0.15) is 20.3 Å². The van der Waals surface area contributed by atoms with Crippen molar-refractivity contribution in [3.05, 3.63) is 0 Å². The normalized spacial score (nSPS) is 18.9. The molecule has 0 bridgehead atoms. The highest BCUT2D eigenvalue weighted by Crippen LogP contribution is 2.06. The fourth-order valence-electron chi connectivity index (χ4n) is 0.0945. The third kappa shape index (κ3) is 2.57. The number of halogens is 1. The van der Waals surface area contributed by atoms with E-state index in [2.05, 4.69) is 0 Å². The molecule has 0 spiro atoms. The zero-order chi connectivity index (χ0) is 5.91. The van der Waals surface area contributed by atoms with Crippen LogP contribution in [0, 0.1) is 0 Å². The molecule has 2 heteroatoms. The van der Waals surface area contributed by atoms with E-state index >= 15 is 0 Å². The van der Waals surface area contributed by atoms with Gasteiger partial charge in [0.15, 0.2) is 0 Å². The van der Waals surface area contributed by atoms with Gasteiger partial charge in [0.25, 0.3) is 0 Å². The van der Waals surface area contributed by atoms with Gasteiger partial charge in [-0.05, 0) is 13.3 Å². The van der Waals surface area contributed by atoms with Crippen LogP contribution < -0.4 is 0 Å². The number of hydrogen-bond acceptors (Lipinski definition) is 1. The van der Waals surface area contributed by atoms with E-state index in [4.69, 9.17) is 5.11 Å². The molecular formula is C5H11FO. The molecule has 0 aromatic heterocycles. The first-order valence-corrected chi connectivity index (χ1v) is 2.41. The molecule has 1 unspecified atom stereocenters. The van der Waals surface area contributed by atoms with Crippen LogP contribution in [0.5, 0.6) is 0 Å². The van der Waals surface area contributed by atoms with Gasteiger partial charge in [-0.15, -0.1) is 0 Å². The largest absolute Gasteiger partial charge is 0.387 e. The molecule has 0 radical (unpaired) electrons. The van der Waals surface area contributed by atoms with Crippen LogP contribution >= 0.6 is 0 Å². The fraction of sp³-hybridized carbons (Fsp3) is 1.00. The van der Waals surface area contributed by atoms with Crippen LogP contribution in [-0.2, 0) is 0 Å². The van der Waals surface area contributed by atoms with Crippen molar-refractivity contribution in [2.45, 2.75) is 25.9 Å². The highest BCUT2D eigenvalue weighted by atomic mass is 19.1. The minimum absolute atomic E-state index is 0.476. The Morgan fingerprint density at radius 3 is 2.14 bits per heavy atom. The average Bonchev–Trinajstić information content (AvgIpc) is 1.68. The van der Waals surface area contributed by atoms with Crippen molar-refractivity contribution in [1.82, 2.24) is 0 Å². The molecule has 44 valence electrons. The summed E-state index contributed by atoms with van der Waals surface area (Å²) in [6.45, 7) is 2.58. The summed E-state index contributed by atoms with van der Waals surface area (Å²) in [5.74, 6) is 0. The molecule has 1 nitrogen and oxygen atoms in total. The SMILES string of the molecule is CCC(C)(O)CF. The first-order valence-electron chi connectivity index (χ1n) is 2.41. The summed E-state index contributed by atoms with van der Waals surface area (Å²) in [4.78, 5) is 0. The van der Waals surface area contributed by atoms with E-state index in [0.29, 0.717) is 6.42 Å². The van der Waals surface area contributed by atoms with Crippen LogP contribution in [0.25, 0.3) is 0 Å². The Balaban J connectivity index is 3.36. The smallest absolute Gasteiger partial charge is 0.118 e. The number of aliphatic hydroxyl groups is 1. The molecule has 0 heterocycles. The lowest BCUT2D eigenvalue weighted by molar-refractivity contribution is 0.0300. The standard InChI is InChI=1S/C5H11FO/c1-3-5(2,7)4-6/h7H,3-4H2,1-2H3. The summed E-state index contributed by atoms with van der Waals surface area (Å²) in [7, 11) is 0. The zero-order valence-corrected chi connectivity index (χ0v) is 4.74. The molecule has 7 heavy (non-hydrogen) atoms. The lowest BCUT2D eigenvalue weighted by atomic mass is 10.1. The molecule has 0 rings (SSSR count). The summed E-state index contributed by atoms with van der Waals surface area (Å²) in [6, 6.07) is 0. The first kappa shape index (κ1) is 6.89. The van der Waals surface area contributed by atoms with Crippen molar-refractivity contribution in [3.63, 3.8) is 0 Å². The number of alkyl halides is 1. The van der Waals surface area contributed by atoms with Crippen molar-refractivity contribution in [2.75, 3.05) is 6.67 Å².